The number of rotatable bonds is 5. The minimum atomic E-state index is -0.352. The van der Waals surface area contributed by atoms with Crippen LogP contribution < -0.4 is 10.2 Å². The first-order valence-corrected chi connectivity index (χ1v) is 8.36. The van der Waals surface area contributed by atoms with Crippen LogP contribution >= 0.6 is 11.8 Å². The van der Waals surface area contributed by atoms with Gasteiger partial charge in [0.2, 0.25) is 0 Å². The molecule has 1 fully saturated rings. The first-order valence-electron chi connectivity index (χ1n) is 7.31. The van der Waals surface area contributed by atoms with Gasteiger partial charge < -0.3 is 10.2 Å². The number of nitro groups is 1. The van der Waals surface area contributed by atoms with Crippen LogP contribution in [0.1, 0.15) is 27.2 Å². The lowest BCUT2D eigenvalue weighted by Crippen LogP contribution is -2.45. The number of nitrogens with zero attached hydrogens (tertiary/aromatic N) is 3. The Hall–Kier alpha value is -1.50. The van der Waals surface area contributed by atoms with E-state index in [1.54, 1.807) is 6.07 Å². The second-order valence-electron chi connectivity index (χ2n) is 5.26. The van der Waals surface area contributed by atoms with Gasteiger partial charge in [-0.15, -0.1) is 0 Å². The van der Waals surface area contributed by atoms with Crippen LogP contribution in [0.25, 0.3) is 0 Å². The van der Waals surface area contributed by atoms with E-state index >= 15 is 0 Å². The molecule has 0 saturated carbocycles. The Morgan fingerprint density at radius 3 is 2.95 bits per heavy atom. The van der Waals surface area contributed by atoms with Gasteiger partial charge in [0.05, 0.1) is 17.1 Å². The highest BCUT2D eigenvalue weighted by Gasteiger charge is 2.27. The van der Waals surface area contributed by atoms with Crippen molar-refractivity contribution in [3.63, 3.8) is 0 Å². The highest BCUT2D eigenvalue weighted by atomic mass is 32.2. The summed E-state index contributed by atoms with van der Waals surface area (Å²) in [4.78, 5) is 17.5. The van der Waals surface area contributed by atoms with Gasteiger partial charge in [-0.1, -0.05) is 13.8 Å². The molecule has 2 rings (SSSR count). The lowest BCUT2D eigenvalue weighted by molar-refractivity contribution is -0.384. The molecule has 1 saturated heterocycles. The Bertz CT molecular complexity index is 512. The number of thioether (sulfide) groups is 1. The molecular formula is C14H22N4O2S. The third kappa shape index (κ3) is 3.78. The molecule has 2 heterocycles. The number of aromatic nitrogens is 1. The van der Waals surface area contributed by atoms with Crippen LogP contribution in [-0.2, 0) is 0 Å². The lowest BCUT2D eigenvalue weighted by atomic mass is 10.2. The minimum Gasteiger partial charge on any atom is -0.370 e. The van der Waals surface area contributed by atoms with E-state index in [4.69, 9.17) is 0 Å². The van der Waals surface area contributed by atoms with E-state index in [0.29, 0.717) is 22.9 Å². The number of hydrogen-bond donors (Lipinski definition) is 1. The maximum Gasteiger partial charge on any atom is 0.276 e. The predicted molar refractivity (Wildman–Crippen MR) is 88.4 cm³/mol. The number of pyridine rings is 1. The molecule has 1 N–H and O–H groups in total. The summed E-state index contributed by atoms with van der Waals surface area (Å²) >= 11 is 1.93. The average molecular weight is 310 g/mol. The van der Waals surface area contributed by atoms with Gasteiger partial charge in [-0.05, 0) is 13.3 Å². The van der Waals surface area contributed by atoms with E-state index < -0.39 is 0 Å². The molecule has 0 aromatic carbocycles. The summed E-state index contributed by atoms with van der Waals surface area (Å²) < 4.78 is 0. The van der Waals surface area contributed by atoms with Crippen molar-refractivity contribution < 1.29 is 4.92 Å². The molecule has 116 valence electrons. The van der Waals surface area contributed by atoms with Gasteiger partial charge in [-0.2, -0.15) is 11.8 Å². The second kappa shape index (κ2) is 6.98. The zero-order valence-corrected chi connectivity index (χ0v) is 13.5. The largest absolute Gasteiger partial charge is 0.370 e. The van der Waals surface area contributed by atoms with Crippen LogP contribution in [0.3, 0.4) is 0 Å². The molecule has 2 unspecified atom stereocenters. The third-order valence-corrected chi connectivity index (χ3v) is 5.08. The van der Waals surface area contributed by atoms with Crippen LogP contribution in [0.4, 0.5) is 17.3 Å². The van der Waals surface area contributed by atoms with E-state index in [1.165, 1.54) is 6.07 Å². The standard InChI is InChI=1S/C14H22N4O2S/c1-4-5-15-13-8-12(18(19)20)9-14(16-13)17-6-7-21-11(3)10(17)2/h8-11H,4-7H2,1-3H3,(H,15,16). The zero-order valence-electron chi connectivity index (χ0n) is 12.7. The fraction of sp³-hybridized carbons (Fsp3) is 0.643. The summed E-state index contributed by atoms with van der Waals surface area (Å²) in [6.45, 7) is 8.02. The first kappa shape index (κ1) is 15.9. The van der Waals surface area contributed by atoms with Crippen LogP contribution in [0, 0.1) is 10.1 Å². The summed E-state index contributed by atoms with van der Waals surface area (Å²) in [5.41, 5.74) is 0.0942. The van der Waals surface area contributed by atoms with Crippen LogP contribution in [0.2, 0.25) is 0 Å². The van der Waals surface area contributed by atoms with Gasteiger partial charge in [0.15, 0.2) is 0 Å². The minimum absolute atomic E-state index is 0.0942. The Labute approximate surface area is 129 Å². The van der Waals surface area contributed by atoms with E-state index in [9.17, 15) is 10.1 Å². The topological polar surface area (TPSA) is 71.3 Å². The smallest absolute Gasteiger partial charge is 0.276 e. The summed E-state index contributed by atoms with van der Waals surface area (Å²) in [6.07, 6.45) is 0.952. The van der Waals surface area contributed by atoms with Crippen LogP contribution in [0.15, 0.2) is 12.1 Å². The zero-order chi connectivity index (χ0) is 15.4. The predicted octanol–water partition coefficient (Wildman–Crippen LogP) is 3.14. The number of anilines is 2. The molecule has 0 aliphatic carbocycles. The van der Waals surface area contributed by atoms with E-state index in [-0.39, 0.29) is 10.6 Å². The molecule has 0 amide bonds. The van der Waals surface area contributed by atoms with Crippen molar-refractivity contribution in [1.82, 2.24) is 4.98 Å². The fourth-order valence-corrected chi connectivity index (χ4v) is 3.45. The van der Waals surface area contributed by atoms with E-state index in [1.807, 2.05) is 11.8 Å². The number of hydrogen-bond acceptors (Lipinski definition) is 6. The molecule has 2 atom stereocenters. The molecule has 0 spiro atoms. The Morgan fingerprint density at radius 1 is 1.52 bits per heavy atom. The van der Waals surface area contributed by atoms with Crippen LogP contribution in [0.5, 0.6) is 0 Å². The van der Waals surface area contributed by atoms with Crippen LogP contribution in [-0.4, -0.2) is 40.0 Å². The van der Waals surface area contributed by atoms with Crippen molar-refractivity contribution in [2.24, 2.45) is 0 Å². The fourth-order valence-electron chi connectivity index (χ4n) is 2.35. The molecule has 0 bridgehead atoms. The second-order valence-corrected chi connectivity index (χ2v) is 6.75. The van der Waals surface area contributed by atoms with Gasteiger partial charge in [0, 0.05) is 30.1 Å². The normalized spacial score (nSPS) is 22.1. The van der Waals surface area contributed by atoms with Crippen molar-refractivity contribution in [2.75, 3.05) is 29.1 Å². The lowest BCUT2D eigenvalue weighted by Gasteiger charge is -2.38. The Balaban J connectivity index is 2.32. The van der Waals surface area contributed by atoms with Crippen molar-refractivity contribution in [1.29, 1.82) is 0 Å². The first-order chi connectivity index (χ1) is 10.0. The van der Waals surface area contributed by atoms with E-state index in [2.05, 4.69) is 36.0 Å². The van der Waals surface area contributed by atoms with Gasteiger partial charge in [-0.3, -0.25) is 10.1 Å². The molecule has 7 heteroatoms. The summed E-state index contributed by atoms with van der Waals surface area (Å²) in [7, 11) is 0. The molecular weight excluding hydrogens is 288 g/mol. The molecule has 21 heavy (non-hydrogen) atoms. The summed E-state index contributed by atoms with van der Waals surface area (Å²) in [6, 6.07) is 3.40. The van der Waals surface area contributed by atoms with Gasteiger partial charge >= 0.3 is 0 Å². The van der Waals surface area contributed by atoms with E-state index in [0.717, 1.165) is 25.3 Å². The molecule has 1 aliphatic heterocycles. The highest BCUT2D eigenvalue weighted by molar-refractivity contribution is 8.00. The number of nitrogens with one attached hydrogen (secondary N) is 1. The SMILES string of the molecule is CCCNc1cc([N+](=O)[O-])cc(N2CCSC(C)C2C)n1. The van der Waals surface area contributed by atoms with Crippen molar-refractivity contribution in [3.05, 3.63) is 22.2 Å². The molecule has 0 radical (unpaired) electrons. The summed E-state index contributed by atoms with van der Waals surface area (Å²) in [5, 5.41) is 14.8. The molecule has 6 nitrogen and oxygen atoms in total. The quantitative estimate of drug-likeness (QED) is 0.665. The average Bonchev–Trinajstić information content (AvgIpc) is 2.47. The third-order valence-electron chi connectivity index (χ3n) is 3.74. The molecule has 1 aliphatic rings. The van der Waals surface area contributed by atoms with Crippen molar-refractivity contribution in [2.45, 2.75) is 38.5 Å². The van der Waals surface area contributed by atoms with Gasteiger partial charge in [0.1, 0.15) is 11.6 Å². The monoisotopic (exact) mass is 310 g/mol. The highest BCUT2D eigenvalue weighted by Crippen LogP contribution is 2.31. The Morgan fingerprint density at radius 2 is 2.29 bits per heavy atom. The Kier molecular flexibility index (Phi) is 5.27. The molecule has 1 aromatic heterocycles. The maximum atomic E-state index is 11.1. The van der Waals surface area contributed by atoms with Crippen molar-refractivity contribution in [3.8, 4) is 0 Å². The van der Waals surface area contributed by atoms with Gasteiger partial charge in [0.25, 0.3) is 5.69 Å². The van der Waals surface area contributed by atoms with Gasteiger partial charge in [-0.25, -0.2) is 4.98 Å². The van der Waals surface area contributed by atoms with Crippen molar-refractivity contribution >= 4 is 29.1 Å². The maximum absolute atomic E-state index is 11.1. The summed E-state index contributed by atoms with van der Waals surface area (Å²) in [5.74, 6) is 2.30. The molecule has 1 aromatic rings.